The van der Waals surface area contributed by atoms with Gasteiger partial charge in [0.25, 0.3) is 0 Å². The lowest BCUT2D eigenvalue weighted by molar-refractivity contribution is 0.0281. The van der Waals surface area contributed by atoms with Crippen molar-refractivity contribution in [3.63, 3.8) is 0 Å². The summed E-state index contributed by atoms with van der Waals surface area (Å²) in [6.07, 6.45) is 11.4. The van der Waals surface area contributed by atoms with E-state index in [0.717, 1.165) is 12.5 Å². The Balaban J connectivity index is 1.56. The van der Waals surface area contributed by atoms with Crippen molar-refractivity contribution in [1.82, 2.24) is 15.1 Å². The average Bonchev–Trinajstić information content (AvgIpc) is 2.40. The lowest BCUT2D eigenvalue weighted by atomic mass is 9.75. The Morgan fingerprint density at radius 2 is 1.70 bits per heavy atom. The zero-order chi connectivity index (χ0) is 14.4. The van der Waals surface area contributed by atoms with Crippen LogP contribution in [0.25, 0.3) is 0 Å². The molecule has 0 aliphatic heterocycles. The van der Waals surface area contributed by atoms with Gasteiger partial charge in [0.05, 0.1) is 0 Å². The molecule has 2 aliphatic rings. The van der Waals surface area contributed by atoms with Gasteiger partial charge in [-0.25, -0.2) is 0 Å². The first-order valence-corrected chi connectivity index (χ1v) is 8.69. The summed E-state index contributed by atoms with van der Waals surface area (Å²) in [6, 6.07) is 0. The third-order valence-electron chi connectivity index (χ3n) is 5.63. The van der Waals surface area contributed by atoms with E-state index in [1.54, 1.807) is 0 Å². The largest absolute Gasteiger partial charge is 0.315 e. The van der Waals surface area contributed by atoms with Gasteiger partial charge in [-0.3, -0.25) is 0 Å². The van der Waals surface area contributed by atoms with Gasteiger partial charge in [-0.15, -0.1) is 0 Å². The van der Waals surface area contributed by atoms with Crippen LogP contribution >= 0.6 is 0 Å². The van der Waals surface area contributed by atoms with Gasteiger partial charge in [0.1, 0.15) is 0 Å². The van der Waals surface area contributed by atoms with Gasteiger partial charge in [-0.1, -0.05) is 19.3 Å². The fraction of sp³-hybridized carbons (Fsp3) is 1.00. The Kier molecular flexibility index (Phi) is 6.31. The van der Waals surface area contributed by atoms with Crippen LogP contribution in [0.15, 0.2) is 0 Å². The minimum absolute atomic E-state index is 0.470. The third kappa shape index (κ3) is 4.44. The summed E-state index contributed by atoms with van der Waals surface area (Å²) in [5.74, 6) is 0.953. The number of nitrogens with zero attached hydrogens (tertiary/aromatic N) is 2. The summed E-state index contributed by atoms with van der Waals surface area (Å²) in [4.78, 5) is 4.97. The Labute approximate surface area is 126 Å². The van der Waals surface area contributed by atoms with E-state index in [2.05, 4.69) is 36.3 Å². The van der Waals surface area contributed by atoms with Crippen LogP contribution < -0.4 is 5.32 Å². The highest BCUT2D eigenvalue weighted by Gasteiger charge is 2.39. The molecule has 2 rings (SSSR count). The number of rotatable bonds is 8. The van der Waals surface area contributed by atoms with Crippen LogP contribution in [0.4, 0.5) is 0 Å². The van der Waals surface area contributed by atoms with Crippen molar-refractivity contribution >= 4 is 0 Å². The van der Waals surface area contributed by atoms with E-state index in [1.807, 2.05) is 0 Å². The van der Waals surface area contributed by atoms with Gasteiger partial charge >= 0.3 is 0 Å². The van der Waals surface area contributed by atoms with Gasteiger partial charge in [-0.2, -0.15) is 0 Å². The Hall–Kier alpha value is -0.120. The van der Waals surface area contributed by atoms with E-state index in [1.165, 1.54) is 71.0 Å². The van der Waals surface area contributed by atoms with Crippen molar-refractivity contribution in [3.05, 3.63) is 0 Å². The van der Waals surface area contributed by atoms with Gasteiger partial charge in [0.2, 0.25) is 0 Å². The van der Waals surface area contributed by atoms with E-state index in [0.29, 0.717) is 5.54 Å². The zero-order valence-electron chi connectivity index (χ0n) is 14.0. The molecule has 2 fully saturated rings. The standard InChI is InChI=1S/C17H35N3/c1-19(2)17(10-7-11-17)15-20(3)13-12-18-14-16-8-5-4-6-9-16/h16,18H,4-15H2,1-3H3. The van der Waals surface area contributed by atoms with Crippen molar-refractivity contribution in [2.45, 2.75) is 56.9 Å². The van der Waals surface area contributed by atoms with E-state index in [9.17, 15) is 0 Å². The highest BCUT2D eigenvalue weighted by molar-refractivity contribution is 4.97. The summed E-state index contributed by atoms with van der Waals surface area (Å²) >= 11 is 0. The summed E-state index contributed by atoms with van der Waals surface area (Å²) in [5.41, 5.74) is 0.470. The van der Waals surface area contributed by atoms with Gasteiger partial charge in [-0.05, 0) is 65.7 Å². The number of hydrogen-bond acceptors (Lipinski definition) is 3. The molecule has 0 amide bonds. The molecule has 2 saturated carbocycles. The van der Waals surface area contributed by atoms with Gasteiger partial charge in [0, 0.05) is 25.2 Å². The summed E-state index contributed by atoms with van der Waals surface area (Å²) in [6.45, 7) is 4.80. The highest BCUT2D eigenvalue weighted by Crippen LogP contribution is 2.36. The SMILES string of the molecule is CN(CCNCC1CCCCC1)CC1(N(C)C)CCC1. The quantitative estimate of drug-likeness (QED) is 0.690. The molecule has 0 spiro atoms. The summed E-state index contributed by atoms with van der Waals surface area (Å²) < 4.78 is 0. The van der Waals surface area contributed by atoms with Gasteiger partial charge < -0.3 is 15.1 Å². The van der Waals surface area contributed by atoms with Crippen molar-refractivity contribution < 1.29 is 0 Å². The molecule has 0 heterocycles. The molecule has 0 radical (unpaired) electrons. The minimum Gasteiger partial charge on any atom is -0.315 e. The molecule has 1 N–H and O–H groups in total. The molecule has 0 aromatic rings. The predicted molar refractivity (Wildman–Crippen MR) is 87.2 cm³/mol. The van der Waals surface area contributed by atoms with E-state index >= 15 is 0 Å². The first kappa shape index (κ1) is 16.3. The van der Waals surface area contributed by atoms with E-state index < -0.39 is 0 Å². The van der Waals surface area contributed by atoms with Crippen molar-refractivity contribution in [2.75, 3.05) is 47.3 Å². The second-order valence-corrected chi connectivity index (χ2v) is 7.42. The normalized spacial score (nSPS) is 23.2. The lowest BCUT2D eigenvalue weighted by Crippen LogP contribution is -2.57. The molecule has 0 atom stereocenters. The minimum atomic E-state index is 0.470. The Morgan fingerprint density at radius 1 is 1.00 bits per heavy atom. The fourth-order valence-corrected chi connectivity index (χ4v) is 3.88. The van der Waals surface area contributed by atoms with Crippen LogP contribution in [0.2, 0.25) is 0 Å². The smallest absolute Gasteiger partial charge is 0.0330 e. The maximum atomic E-state index is 3.68. The number of nitrogens with one attached hydrogen (secondary N) is 1. The maximum Gasteiger partial charge on any atom is 0.0330 e. The molecule has 118 valence electrons. The van der Waals surface area contributed by atoms with E-state index in [-0.39, 0.29) is 0 Å². The second-order valence-electron chi connectivity index (χ2n) is 7.42. The molecule has 20 heavy (non-hydrogen) atoms. The molecule has 2 aliphatic carbocycles. The molecule has 0 aromatic heterocycles. The first-order valence-electron chi connectivity index (χ1n) is 8.69. The molecule has 0 unspecified atom stereocenters. The molecular formula is C17H35N3. The zero-order valence-corrected chi connectivity index (χ0v) is 14.0. The summed E-state index contributed by atoms with van der Waals surface area (Å²) in [7, 11) is 6.77. The predicted octanol–water partition coefficient (Wildman–Crippen LogP) is 2.57. The number of likely N-dealkylation sites (N-methyl/N-ethyl adjacent to an activating group) is 2. The van der Waals surface area contributed by atoms with Crippen LogP contribution in [-0.4, -0.2) is 62.7 Å². The van der Waals surface area contributed by atoms with Crippen molar-refractivity contribution in [2.24, 2.45) is 5.92 Å². The first-order chi connectivity index (χ1) is 9.62. The topological polar surface area (TPSA) is 18.5 Å². The average molecular weight is 281 g/mol. The molecule has 3 nitrogen and oxygen atoms in total. The molecular weight excluding hydrogens is 246 g/mol. The highest BCUT2D eigenvalue weighted by atomic mass is 15.2. The number of hydrogen-bond donors (Lipinski definition) is 1. The van der Waals surface area contributed by atoms with Crippen LogP contribution in [0.5, 0.6) is 0 Å². The molecule has 0 bridgehead atoms. The fourth-order valence-electron chi connectivity index (χ4n) is 3.88. The van der Waals surface area contributed by atoms with Gasteiger partial charge in [0.15, 0.2) is 0 Å². The van der Waals surface area contributed by atoms with Crippen molar-refractivity contribution in [1.29, 1.82) is 0 Å². The van der Waals surface area contributed by atoms with Crippen LogP contribution in [-0.2, 0) is 0 Å². The van der Waals surface area contributed by atoms with Crippen molar-refractivity contribution in [3.8, 4) is 0 Å². The maximum absolute atomic E-state index is 3.68. The summed E-state index contributed by atoms with van der Waals surface area (Å²) in [5, 5.41) is 3.68. The monoisotopic (exact) mass is 281 g/mol. The van der Waals surface area contributed by atoms with Crippen LogP contribution in [0.1, 0.15) is 51.4 Å². The molecule has 0 aromatic carbocycles. The van der Waals surface area contributed by atoms with Crippen LogP contribution in [0, 0.1) is 5.92 Å². The van der Waals surface area contributed by atoms with Crippen LogP contribution in [0.3, 0.4) is 0 Å². The lowest BCUT2D eigenvalue weighted by Gasteiger charge is -2.49. The van der Waals surface area contributed by atoms with E-state index in [4.69, 9.17) is 0 Å². The Morgan fingerprint density at radius 3 is 2.25 bits per heavy atom. The molecule has 3 heteroatoms. The third-order valence-corrected chi connectivity index (χ3v) is 5.63. The second kappa shape index (κ2) is 7.77. The molecule has 0 saturated heterocycles. The Bertz CT molecular complexity index is 267.